The van der Waals surface area contributed by atoms with Crippen LogP contribution in [0.2, 0.25) is 0 Å². The highest BCUT2D eigenvalue weighted by Gasteiger charge is 1.94. The van der Waals surface area contributed by atoms with E-state index in [2.05, 4.69) is 15.2 Å². The molecule has 1 aromatic heterocycles. The molecule has 0 atom stereocenters. The summed E-state index contributed by atoms with van der Waals surface area (Å²) in [5.41, 5.74) is 6.15. The lowest BCUT2D eigenvalue weighted by Gasteiger charge is -1.94. The molecule has 0 saturated heterocycles. The van der Waals surface area contributed by atoms with E-state index in [9.17, 15) is 0 Å². The normalized spacial score (nSPS) is 10.8. The number of anilines is 1. The molecule has 0 radical (unpaired) electrons. The molecule has 0 aromatic carbocycles. The van der Waals surface area contributed by atoms with Gasteiger partial charge in [-0.25, -0.2) is 4.98 Å². The van der Waals surface area contributed by atoms with E-state index in [1.54, 1.807) is 18.3 Å². The summed E-state index contributed by atoms with van der Waals surface area (Å²) in [4.78, 5) is 3.96. The molecular formula is C8H12N4. The summed E-state index contributed by atoms with van der Waals surface area (Å²) in [6.45, 7) is 2.76. The molecule has 0 aliphatic rings. The fourth-order valence-corrected chi connectivity index (χ4v) is 0.710. The first kappa shape index (κ1) is 8.64. The molecule has 2 N–H and O–H groups in total. The van der Waals surface area contributed by atoms with Crippen LogP contribution < -0.4 is 5.73 Å². The second kappa shape index (κ2) is 4.43. The van der Waals surface area contributed by atoms with E-state index in [1.165, 1.54) is 0 Å². The lowest BCUT2D eigenvalue weighted by molar-refractivity contribution is 0.871. The van der Waals surface area contributed by atoms with Crippen LogP contribution in [-0.2, 0) is 0 Å². The minimum absolute atomic E-state index is 0.506. The quantitative estimate of drug-likeness (QED) is 0.695. The Morgan fingerprint density at radius 1 is 1.58 bits per heavy atom. The summed E-state index contributed by atoms with van der Waals surface area (Å²) in [7, 11) is 0. The molecular weight excluding hydrogens is 152 g/mol. The molecule has 4 nitrogen and oxygen atoms in total. The van der Waals surface area contributed by atoms with Gasteiger partial charge < -0.3 is 5.73 Å². The Kier molecular flexibility index (Phi) is 3.19. The Hall–Kier alpha value is -1.45. The van der Waals surface area contributed by atoms with E-state index >= 15 is 0 Å². The molecule has 0 amide bonds. The highest BCUT2D eigenvalue weighted by Crippen LogP contribution is 2.16. The topological polar surface area (TPSA) is 63.6 Å². The molecule has 0 spiro atoms. The minimum atomic E-state index is 0.506. The van der Waals surface area contributed by atoms with E-state index in [4.69, 9.17) is 5.73 Å². The fraction of sp³-hybridized carbons (Fsp3) is 0.375. The number of nitrogen functional groups attached to an aromatic ring is 1. The maximum Gasteiger partial charge on any atom is 0.197 e. The number of nitrogens with zero attached hydrogens (tertiary/aromatic N) is 3. The van der Waals surface area contributed by atoms with Gasteiger partial charge in [-0.1, -0.05) is 6.92 Å². The van der Waals surface area contributed by atoms with Gasteiger partial charge in [-0.3, -0.25) is 0 Å². The average molecular weight is 164 g/mol. The summed E-state index contributed by atoms with van der Waals surface area (Å²) < 4.78 is 0. The van der Waals surface area contributed by atoms with Crippen LogP contribution >= 0.6 is 0 Å². The maximum atomic E-state index is 5.59. The largest absolute Gasteiger partial charge is 0.396 e. The van der Waals surface area contributed by atoms with Gasteiger partial charge in [0.05, 0.1) is 12.2 Å². The predicted octanol–water partition coefficient (Wildman–Crippen LogP) is 2.16. The third-order valence-electron chi connectivity index (χ3n) is 1.31. The second-order valence-electron chi connectivity index (χ2n) is 2.38. The van der Waals surface area contributed by atoms with Crippen LogP contribution in [0.25, 0.3) is 0 Å². The Bertz CT molecular complexity index is 270. The molecule has 0 bridgehead atoms. The molecule has 1 heterocycles. The Labute approximate surface area is 71.5 Å². The summed E-state index contributed by atoms with van der Waals surface area (Å²) in [5.74, 6) is 0.506. The van der Waals surface area contributed by atoms with Crippen molar-refractivity contribution in [3.8, 4) is 0 Å². The molecule has 0 unspecified atom stereocenters. The molecule has 0 aliphatic carbocycles. The van der Waals surface area contributed by atoms with Crippen molar-refractivity contribution in [3.63, 3.8) is 0 Å². The fourth-order valence-electron chi connectivity index (χ4n) is 0.710. The predicted molar refractivity (Wildman–Crippen MR) is 48.3 cm³/mol. The lowest BCUT2D eigenvalue weighted by atomic mass is 10.4. The van der Waals surface area contributed by atoms with Gasteiger partial charge in [0.25, 0.3) is 0 Å². The monoisotopic (exact) mass is 164 g/mol. The average Bonchev–Trinajstić information content (AvgIpc) is 2.09. The van der Waals surface area contributed by atoms with Gasteiger partial charge in [-0.2, -0.15) is 5.11 Å². The van der Waals surface area contributed by atoms with Crippen LogP contribution in [0.4, 0.5) is 11.5 Å². The van der Waals surface area contributed by atoms with Crippen LogP contribution in [0.3, 0.4) is 0 Å². The van der Waals surface area contributed by atoms with Crippen molar-refractivity contribution in [1.82, 2.24) is 4.98 Å². The van der Waals surface area contributed by atoms with Gasteiger partial charge in [-0.05, 0) is 18.6 Å². The van der Waals surface area contributed by atoms with E-state index < -0.39 is 0 Å². The number of azo groups is 1. The molecule has 0 aliphatic heterocycles. The summed E-state index contributed by atoms with van der Waals surface area (Å²) in [5, 5.41) is 7.79. The van der Waals surface area contributed by atoms with Crippen LogP contribution in [-0.4, -0.2) is 11.5 Å². The van der Waals surface area contributed by atoms with Crippen molar-refractivity contribution >= 4 is 11.5 Å². The van der Waals surface area contributed by atoms with Crippen LogP contribution in [0.5, 0.6) is 0 Å². The summed E-state index contributed by atoms with van der Waals surface area (Å²) in [6.07, 6.45) is 2.63. The van der Waals surface area contributed by atoms with Gasteiger partial charge >= 0.3 is 0 Å². The third-order valence-corrected chi connectivity index (χ3v) is 1.31. The Morgan fingerprint density at radius 3 is 3.08 bits per heavy atom. The minimum Gasteiger partial charge on any atom is -0.396 e. The van der Waals surface area contributed by atoms with Crippen molar-refractivity contribution in [1.29, 1.82) is 0 Å². The van der Waals surface area contributed by atoms with Crippen LogP contribution in [0, 0.1) is 0 Å². The first-order valence-corrected chi connectivity index (χ1v) is 3.92. The van der Waals surface area contributed by atoms with Crippen molar-refractivity contribution in [3.05, 3.63) is 18.3 Å². The zero-order valence-electron chi connectivity index (χ0n) is 7.07. The van der Waals surface area contributed by atoms with Gasteiger partial charge in [0.1, 0.15) is 0 Å². The molecule has 1 rings (SSSR count). The summed E-state index contributed by atoms with van der Waals surface area (Å²) in [6, 6.07) is 3.53. The van der Waals surface area contributed by atoms with Gasteiger partial charge in [-0.15, -0.1) is 5.11 Å². The van der Waals surface area contributed by atoms with Gasteiger partial charge in [0.2, 0.25) is 0 Å². The molecule has 64 valence electrons. The maximum absolute atomic E-state index is 5.59. The van der Waals surface area contributed by atoms with Crippen molar-refractivity contribution in [2.45, 2.75) is 13.3 Å². The first-order chi connectivity index (χ1) is 5.84. The van der Waals surface area contributed by atoms with Crippen LogP contribution in [0.15, 0.2) is 28.6 Å². The number of rotatable bonds is 3. The SMILES string of the molecule is CCCN=Nc1ncccc1N. The van der Waals surface area contributed by atoms with Gasteiger partial charge in [0, 0.05) is 6.20 Å². The third kappa shape index (κ3) is 2.30. The molecule has 12 heavy (non-hydrogen) atoms. The smallest absolute Gasteiger partial charge is 0.197 e. The van der Waals surface area contributed by atoms with E-state index in [0.717, 1.165) is 13.0 Å². The molecule has 0 saturated carbocycles. The highest BCUT2D eigenvalue weighted by atomic mass is 15.1. The van der Waals surface area contributed by atoms with E-state index in [-0.39, 0.29) is 0 Å². The second-order valence-corrected chi connectivity index (χ2v) is 2.38. The zero-order valence-corrected chi connectivity index (χ0v) is 7.07. The van der Waals surface area contributed by atoms with Crippen molar-refractivity contribution in [2.75, 3.05) is 12.3 Å². The Balaban J connectivity index is 2.68. The molecule has 1 aromatic rings. The number of hydrogen-bond acceptors (Lipinski definition) is 4. The molecule has 0 fully saturated rings. The Morgan fingerprint density at radius 2 is 2.42 bits per heavy atom. The number of nitrogens with two attached hydrogens (primary N) is 1. The highest BCUT2D eigenvalue weighted by molar-refractivity contribution is 5.55. The van der Waals surface area contributed by atoms with Crippen molar-refractivity contribution < 1.29 is 0 Å². The lowest BCUT2D eigenvalue weighted by Crippen LogP contribution is -1.86. The van der Waals surface area contributed by atoms with Gasteiger partial charge in [0.15, 0.2) is 5.82 Å². The van der Waals surface area contributed by atoms with Crippen molar-refractivity contribution in [2.24, 2.45) is 10.2 Å². The first-order valence-electron chi connectivity index (χ1n) is 3.92. The number of aromatic nitrogens is 1. The van der Waals surface area contributed by atoms with E-state index in [0.29, 0.717) is 11.5 Å². The standard InChI is InChI=1S/C8H12N4/c1-2-5-11-12-8-7(9)4-3-6-10-8/h3-4,6H,2,5,9H2,1H3. The number of pyridine rings is 1. The number of hydrogen-bond donors (Lipinski definition) is 1. The molecule has 4 heteroatoms. The van der Waals surface area contributed by atoms with E-state index in [1.807, 2.05) is 6.92 Å². The zero-order chi connectivity index (χ0) is 8.81. The van der Waals surface area contributed by atoms with Crippen LogP contribution in [0.1, 0.15) is 13.3 Å². The summed E-state index contributed by atoms with van der Waals surface area (Å²) >= 11 is 0.